The van der Waals surface area contributed by atoms with E-state index in [4.69, 9.17) is 21.1 Å². The molecule has 1 heterocycles. The van der Waals surface area contributed by atoms with E-state index >= 15 is 0 Å². The Hall–Kier alpha value is -3.88. The molecule has 31 heavy (non-hydrogen) atoms. The van der Waals surface area contributed by atoms with Gasteiger partial charge in [0, 0.05) is 16.1 Å². The Balaban J connectivity index is 2.01. The number of ether oxygens (including phenoxy) is 2. The summed E-state index contributed by atoms with van der Waals surface area (Å²) in [4.78, 5) is 17.0. The molecular formula is C25H17ClN2O3. The quantitative estimate of drug-likeness (QED) is 0.382. The predicted molar refractivity (Wildman–Crippen MR) is 119 cm³/mol. The van der Waals surface area contributed by atoms with Crippen LogP contribution in [0.3, 0.4) is 0 Å². The second-order valence-corrected chi connectivity index (χ2v) is 7.20. The average Bonchev–Trinajstić information content (AvgIpc) is 2.98. The SMILES string of the molecule is COC(=O)c1cc(-c2cc(-c3ccc(Cl)cc3)c(C#N)c(OC)n2)c2cccccc1-2. The Morgan fingerprint density at radius 2 is 1.65 bits per heavy atom. The van der Waals surface area contributed by atoms with Crippen LogP contribution in [0.15, 0.2) is 66.7 Å². The highest BCUT2D eigenvalue weighted by Crippen LogP contribution is 2.41. The molecule has 0 saturated carbocycles. The van der Waals surface area contributed by atoms with Crippen molar-refractivity contribution in [3.63, 3.8) is 0 Å². The third-order valence-electron chi connectivity index (χ3n) is 5.04. The molecule has 0 unspecified atom stereocenters. The highest BCUT2D eigenvalue weighted by atomic mass is 35.5. The van der Waals surface area contributed by atoms with E-state index in [1.807, 2.05) is 48.5 Å². The van der Waals surface area contributed by atoms with Crippen molar-refractivity contribution in [3.8, 4) is 45.5 Å². The van der Waals surface area contributed by atoms with Gasteiger partial charge in [-0.05, 0) is 41.0 Å². The van der Waals surface area contributed by atoms with Crippen LogP contribution >= 0.6 is 11.6 Å². The molecule has 2 aliphatic rings. The Morgan fingerprint density at radius 3 is 2.29 bits per heavy atom. The number of pyridine rings is 1. The fourth-order valence-corrected chi connectivity index (χ4v) is 3.71. The summed E-state index contributed by atoms with van der Waals surface area (Å²) in [5.74, 6) is -0.222. The van der Waals surface area contributed by atoms with Gasteiger partial charge in [-0.15, -0.1) is 0 Å². The van der Waals surface area contributed by atoms with Crippen LogP contribution in [0.1, 0.15) is 15.9 Å². The van der Waals surface area contributed by atoms with Gasteiger partial charge in [0.15, 0.2) is 0 Å². The zero-order chi connectivity index (χ0) is 22.0. The number of fused-ring (bicyclic) bond motifs is 1. The maximum Gasteiger partial charge on any atom is 0.338 e. The van der Waals surface area contributed by atoms with E-state index in [0.717, 1.165) is 22.3 Å². The van der Waals surface area contributed by atoms with E-state index in [1.54, 1.807) is 18.2 Å². The van der Waals surface area contributed by atoms with Crippen molar-refractivity contribution in [3.05, 3.63) is 82.9 Å². The van der Waals surface area contributed by atoms with E-state index in [1.165, 1.54) is 14.2 Å². The molecule has 5 nitrogen and oxygen atoms in total. The number of carbonyl (C=O) groups excluding carboxylic acids is 1. The zero-order valence-electron chi connectivity index (χ0n) is 16.8. The van der Waals surface area contributed by atoms with Crippen molar-refractivity contribution < 1.29 is 14.3 Å². The Morgan fingerprint density at radius 1 is 0.935 bits per heavy atom. The van der Waals surface area contributed by atoms with Gasteiger partial charge in [0.25, 0.3) is 0 Å². The molecule has 0 fully saturated rings. The molecule has 6 heteroatoms. The van der Waals surface area contributed by atoms with Crippen LogP contribution in [0.4, 0.5) is 0 Å². The van der Waals surface area contributed by atoms with Gasteiger partial charge in [0.05, 0.1) is 25.5 Å². The number of aromatic nitrogens is 1. The minimum atomic E-state index is -0.430. The Labute approximate surface area is 184 Å². The molecule has 0 saturated heterocycles. The summed E-state index contributed by atoms with van der Waals surface area (Å²) in [6, 6.07) is 22.4. The van der Waals surface area contributed by atoms with Crippen molar-refractivity contribution in [1.29, 1.82) is 5.26 Å². The van der Waals surface area contributed by atoms with Crippen molar-refractivity contribution in [2.75, 3.05) is 14.2 Å². The normalized spacial score (nSPS) is 10.5. The van der Waals surface area contributed by atoms with E-state index in [2.05, 4.69) is 11.1 Å². The number of halogens is 1. The maximum atomic E-state index is 12.4. The molecule has 1 aromatic carbocycles. The first-order valence-corrected chi connectivity index (χ1v) is 9.80. The minimum Gasteiger partial charge on any atom is -0.480 e. The van der Waals surface area contributed by atoms with Gasteiger partial charge in [-0.2, -0.15) is 5.26 Å². The molecule has 2 aliphatic carbocycles. The Bertz CT molecular complexity index is 1290. The van der Waals surface area contributed by atoms with Gasteiger partial charge < -0.3 is 9.47 Å². The lowest BCUT2D eigenvalue weighted by molar-refractivity contribution is 0.0602. The molecule has 4 rings (SSSR count). The van der Waals surface area contributed by atoms with Crippen LogP contribution in [-0.4, -0.2) is 25.2 Å². The zero-order valence-corrected chi connectivity index (χ0v) is 17.6. The van der Waals surface area contributed by atoms with E-state index in [-0.39, 0.29) is 5.88 Å². The summed E-state index contributed by atoms with van der Waals surface area (Å²) >= 11 is 6.04. The van der Waals surface area contributed by atoms with Gasteiger partial charge in [-0.1, -0.05) is 54.1 Å². The van der Waals surface area contributed by atoms with Crippen molar-refractivity contribution >= 4 is 17.6 Å². The van der Waals surface area contributed by atoms with E-state index < -0.39 is 5.97 Å². The standard InChI is InChI=1S/C25H17ClN2O3/c1-30-24-22(14-27)19(15-8-10-16(26)11-9-15)13-23(28-24)20-12-21(25(29)31-2)18-7-5-3-4-6-17(18)20/h3-13H,1-2H3. The third-order valence-corrected chi connectivity index (χ3v) is 5.29. The first kappa shape index (κ1) is 20.4. The minimum absolute atomic E-state index is 0.208. The predicted octanol–water partition coefficient (Wildman–Crippen LogP) is 5.84. The van der Waals surface area contributed by atoms with Crippen LogP contribution in [0.5, 0.6) is 5.88 Å². The summed E-state index contributed by atoms with van der Waals surface area (Å²) in [6.45, 7) is 0. The fourth-order valence-electron chi connectivity index (χ4n) is 3.58. The number of nitrogens with zero attached hydrogens (tertiary/aromatic N) is 2. The second-order valence-electron chi connectivity index (χ2n) is 6.76. The summed E-state index contributed by atoms with van der Waals surface area (Å²) in [5.41, 5.74) is 5.14. The molecule has 0 amide bonds. The fraction of sp³-hybridized carbons (Fsp3) is 0.0800. The van der Waals surface area contributed by atoms with Gasteiger partial charge in [-0.25, -0.2) is 9.78 Å². The van der Waals surface area contributed by atoms with E-state index in [9.17, 15) is 10.1 Å². The average molecular weight is 429 g/mol. The van der Waals surface area contributed by atoms with Crippen molar-refractivity contribution in [1.82, 2.24) is 4.98 Å². The van der Waals surface area contributed by atoms with Crippen molar-refractivity contribution in [2.45, 2.75) is 0 Å². The molecule has 2 aromatic rings. The number of hydrogen-bond donors (Lipinski definition) is 0. The summed E-state index contributed by atoms with van der Waals surface area (Å²) in [6.07, 6.45) is 0. The summed E-state index contributed by atoms with van der Waals surface area (Å²) in [7, 11) is 2.83. The maximum absolute atomic E-state index is 12.4. The topological polar surface area (TPSA) is 72.2 Å². The monoisotopic (exact) mass is 428 g/mol. The lowest BCUT2D eigenvalue weighted by Gasteiger charge is -2.12. The van der Waals surface area contributed by atoms with E-state index in [0.29, 0.717) is 27.4 Å². The smallest absolute Gasteiger partial charge is 0.338 e. The number of methoxy groups -OCH3 is 2. The Kier molecular flexibility index (Phi) is 5.57. The number of benzene rings is 1. The lowest BCUT2D eigenvalue weighted by atomic mass is 9.98. The molecule has 0 radical (unpaired) electrons. The van der Waals surface area contributed by atoms with Crippen LogP contribution < -0.4 is 4.74 Å². The molecule has 1 aromatic heterocycles. The highest BCUT2D eigenvalue weighted by molar-refractivity contribution is 6.30. The number of carbonyl (C=O) groups is 1. The van der Waals surface area contributed by atoms with Crippen LogP contribution in [0, 0.1) is 11.3 Å². The van der Waals surface area contributed by atoms with Gasteiger partial charge in [-0.3, -0.25) is 0 Å². The van der Waals surface area contributed by atoms with Crippen LogP contribution in [0.2, 0.25) is 5.02 Å². The first-order chi connectivity index (χ1) is 15.1. The third kappa shape index (κ3) is 3.70. The molecule has 0 bridgehead atoms. The van der Waals surface area contributed by atoms with Crippen molar-refractivity contribution in [2.24, 2.45) is 0 Å². The number of esters is 1. The highest BCUT2D eigenvalue weighted by Gasteiger charge is 2.24. The summed E-state index contributed by atoms with van der Waals surface area (Å²) in [5, 5.41) is 10.4. The molecular weight excluding hydrogens is 412 g/mol. The van der Waals surface area contributed by atoms with Gasteiger partial charge in [0.1, 0.15) is 11.6 Å². The van der Waals surface area contributed by atoms with Gasteiger partial charge in [0.2, 0.25) is 5.88 Å². The largest absolute Gasteiger partial charge is 0.480 e. The number of hydrogen-bond acceptors (Lipinski definition) is 5. The molecule has 0 atom stereocenters. The van der Waals surface area contributed by atoms with Crippen LogP contribution in [0.25, 0.3) is 33.5 Å². The molecule has 0 aliphatic heterocycles. The number of nitriles is 1. The second kappa shape index (κ2) is 8.47. The molecule has 152 valence electrons. The first-order valence-electron chi connectivity index (χ1n) is 9.43. The molecule has 0 N–H and O–H groups in total. The van der Waals surface area contributed by atoms with Gasteiger partial charge >= 0.3 is 5.97 Å². The lowest BCUT2D eigenvalue weighted by Crippen LogP contribution is -2.00. The number of rotatable bonds is 4. The van der Waals surface area contributed by atoms with Crippen LogP contribution in [-0.2, 0) is 4.74 Å². The summed E-state index contributed by atoms with van der Waals surface area (Å²) < 4.78 is 10.4. The molecule has 0 spiro atoms.